The fraction of sp³-hybridized carbons (Fsp3) is 0. The van der Waals surface area contributed by atoms with Crippen LogP contribution in [0.5, 0.6) is 17.2 Å². The number of benzene rings is 2. The van der Waals surface area contributed by atoms with Gasteiger partial charge >= 0.3 is 5.69 Å². The van der Waals surface area contributed by atoms with Gasteiger partial charge in [0.05, 0.1) is 11.1 Å². The summed E-state index contributed by atoms with van der Waals surface area (Å²) in [6, 6.07) is 9.06. The minimum Gasteiger partial charge on any atom is -0.501 e. The molecule has 0 unspecified atom stereocenters. The highest BCUT2D eigenvalue weighted by Crippen LogP contribution is 2.35. The fourth-order valence-corrected chi connectivity index (χ4v) is 1.78. The van der Waals surface area contributed by atoms with E-state index in [0.29, 0.717) is 21.5 Å². The summed E-state index contributed by atoms with van der Waals surface area (Å²) in [5, 5.41) is 18.9. The molecule has 0 bridgehead atoms. The Morgan fingerprint density at radius 1 is 1.11 bits per heavy atom. The van der Waals surface area contributed by atoms with Crippen LogP contribution >= 0.6 is 23.2 Å². The van der Waals surface area contributed by atoms with Gasteiger partial charge in [-0.2, -0.15) is 0 Å². The van der Waals surface area contributed by atoms with Gasteiger partial charge in [0.15, 0.2) is 4.98 Å². The minimum absolute atomic E-state index is 0.0117. The molecule has 90 valence electrons. The van der Waals surface area contributed by atoms with Gasteiger partial charge in [0, 0.05) is 5.02 Å². The summed E-state index contributed by atoms with van der Waals surface area (Å²) < 4.78 is 5.49. The van der Waals surface area contributed by atoms with Gasteiger partial charge < -0.3 is 9.84 Å². The number of halogens is 2. The summed E-state index contributed by atoms with van der Waals surface area (Å²) in [4.78, 5) is 2.92. The summed E-state index contributed by atoms with van der Waals surface area (Å²) in [7, 11) is 0. The average Bonchev–Trinajstić information content (AvgIpc) is 2.35. The zero-order chi connectivity index (χ0) is 13.1. The van der Waals surface area contributed by atoms with Gasteiger partial charge in [0.1, 0.15) is 11.5 Å². The van der Waals surface area contributed by atoms with Crippen molar-refractivity contribution in [1.29, 1.82) is 5.39 Å². The highest BCUT2D eigenvalue weighted by molar-refractivity contribution is 6.35. The van der Waals surface area contributed by atoms with Crippen molar-refractivity contribution in [2.75, 3.05) is 0 Å². The van der Waals surface area contributed by atoms with Crippen LogP contribution < -0.4 is 4.74 Å². The van der Waals surface area contributed by atoms with Crippen LogP contribution in [0, 0.1) is 5.39 Å². The molecule has 0 heterocycles. The van der Waals surface area contributed by atoms with Crippen LogP contribution in [0.15, 0.2) is 36.4 Å². The Labute approximate surface area is 113 Å². The first-order valence-electron chi connectivity index (χ1n) is 4.91. The lowest BCUT2D eigenvalue weighted by Crippen LogP contribution is -1.85. The number of rotatable bonds is 2. The molecule has 2 aromatic carbocycles. The third-order valence-electron chi connectivity index (χ3n) is 2.18. The summed E-state index contributed by atoms with van der Waals surface area (Å²) in [5.41, 5.74) is 0.0117. The SMILES string of the molecule is N#[N+]c1cc(Oc2ccc(Cl)cc2Cl)ccc1O. The molecule has 0 radical (unpaired) electrons. The number of aromatic hydroxyl groups is 1. The third-order valence-corrected chi connectivity index (χ3v) is 2.71. The van der Waals surface area contributed by atoms with E-state index in [2.05, 4.69) is 4.98 Å². The van der Waals surface area contributed by atoms with Crippen LogP contribution in [-0.2, 0) is 0 Å². The summed E-state index contributed by atoms with van der Waals surface area (Å²) in [6.07, 6.45) is 0. The molecule has 0 aliphatic carbocycles. The normalized spacial score (nSPS) is 9.83. The molecule has 2 rings (SSSR count). The van der Waals surface area contributed by atoms with E-state index < -0.39 is 0 Å². The lowest BCUT2D eigenvalue weighted by atomic mass is 10.3. The van der Waals surface area contributed by atoms with Gasteiger partial charge in [-0.15, -0.1) is 0 Å². The van der Waals surface area contributed by atoms with E-state index >= 15 is 0 Å². The Morgan fingerprint density at radius 3 is 2.56 bits per heavy atom. The van der Waals surface area contributed by atoms with E-state index in [0.717, 1.165) is 0 Å². The maximum atomic E-state index is 9.34. The molecule has 6 heteroatoms. The summed E-state index contributed by atoms with van der Waals surface area (Å²) in [5.74, 6) is 0.646. The van der Waals surface area contributed by atoms with Crippen molar-refractivity contribution in [1.82, 2.24) is 0 Å². The molecular weight excluding hydrogens is 275 g/mol. The maximum absolute atomic E-state index is 9.34. The Balaban J connectivity index is 2.32. The van der Waals surface area contributed by atoms with Gasteiger partial charge in [0.25, 0.3) is 0 Å². The van der Waals surface area contributed by atoms with Gasteiger partial charge in [-0.25, -0.2) is 0 Å². The predicted octanol–water partition coefficient (Wildman–Crippen LogP) is 4.98. The molecule has 0 spiro atoms. The number of diazo groups is 1. The van der Waals surface area contributed by atoms with E-state index in [1.807, 2.05) is 0 Å². The zero-order valence-electron chi connectivity index (χ0n) is 8.97. The Bertz CT molecular complexity index is 638. The van der Waals surface area contributed by atoms with Crippen molar-refractivity contribution in [3.8, 4) is 17.2 Å². The second-order valence-electron chi connectivity index (χ2n) is 3.43. The van der Waals surface area contributed by atoms with Crippen molar-refractivity contribution >= 4 is 28.9 Å². The van der Waals surface area contributed by atoms with E-state index in [9.17, 15) is 5.11 Å². The average molecular weight is 282 g/mol. The largest absolute Gasteiger partial charge is 0.501 e. The molecule has 0 amide bonds. The van der Waals surface area contributed by atoms with Crippen molar-refractivity contribution < 1.29 is 9.84 Å². The van der Waals surface area contributed by atoms with Crippen molar-refractivity contribution in [2.45, 2.75) is 0 Å². The van der Waals surface area contributed by atoms with Crippen LogP contribution in [0.4, 0.5) is 5.69 Å². The minimum atomic E-state index is -0.146. The number of hydrogen-bond donors (Lipinski definition) is 1. The fourth-order valence-electron chi connectivity index (χ4n) is 1.33. The number of phenols is 1. The molecule has 0 aliphatic rings. The Hall–Kier alpha value is -1.96. The molecule has 18 heavy (non-hydrogen) atoms. The molecule has 0 saturated heterocycles. The van der Waals surface area contributed by atoms with Crippen LogP contribution in [-0.4, -0.2) is 5.11 Å². The lowest BCUT2D eigenvalue weighted by molar-refractivity contribution is 0.467. The third kappa shape index (κ3) is 2.65. The molecule has 1 N–H and O–H groups in total. The Kier molecular flexibility index (Phi) is 3.56. The van der Waals surface area contributed by atoms with Gasteiger partial charge in [-0.3, -0.25) is 0 Å². The molecule has 2 aromatic rings. The van der Waals surface area contributed by atoms with Crippen molar-refractivity contribution in [2.24, 2.45) is 0 Å². The van der Waals surface area contributed by atoms with Gasteiger partial charge in [-0.05, 0) is 30.3 Å². The Morgan fingerprint density at radius 2 is 1.89 bits per heavy atom. The second-order valence-corrected chi connectivity index (χ2v) is 4.27. The van der Waals surface area contributed by atoms with Gasteiger partial charge in [-0.1, -0.05) is 23.2 Å². The van der Waals surface area contributed by atoms with E-state index in [1.54, 1.807) is 18.2 Å². The van der Waals surface area contributed by atoms with Crippen LogP contribution in [0.2, 0.25) is 10.0 Å². The highest BCUT2D eigenvalue weighted by atomic mass is 35.5. The molecule has 0 saturated carbocycles. The first-order chi connectivity index (χ1) is 8.60. The number of phenolic OH excluding ortho intramolecular Hbond substituents is 1. The lowest BCUT2D eigenvalue weighted by Gasteiger charge is -2.06. The smallest absolute Gasteiger partial charge is 0.429 e. The quantitative estimate of drug-likeness (QED) is 0.790. The molecule has 0 aromatic heterocycles. The standard InChI is InChI=1S/C12H6Cl2N2O2/c13-7-1-4-12(9(14)5-7)18-8-2-3-11(17)10(6-8)16-15/h1-6H/p+1. The van der Waals surface area contributed by atoms with Crippen molar-refractivity contribution in [3.05, 3.63) is 51.4 Å². The van der Waals surface area contributed by atoms with Crippen LogP contribution in [0.3, 0.4) is 0 Å². The monoisotopic (exact) mass is 281 g/mol. The first kappa shape index (κ1) is 12.5. The van der Waals surface area contributed by atoms with Crippen LogP contribution in [0.25, 0.3) is 4.98 Å². The highest BCUT2D eigenvalue weighted by Gasteiger charge is 2.15. The number of ether oxygens (including phenoxy) is 1. The summed E-state index contributed by atoms with van der Waals surface area (Å²) in [6.45, 7) is 0. The molecule has 0 fully saturated rings. The van der Waals surface area contributed by atoms with E-state index in [-0.39, 0.29) is 11.4 Å². The molecule has 4 nitrogen and oxygen atoms in total. The second kappa shape index (κ2) is 5.13. The maximum Gasteiger partial charge on any atom is 0.429 e. The zero-order valence-corrected chi connectivity index (χ0v) is 10.5. The van der Waals surface area contributed by atoms with Crippen molar-refractivity contribution in [3.63, 3.8) is 0 Å². The predicted molar refractivity (Wildman–Crippen MR) is 69.4 cm³/mol. The molecular formula is C12H7Cl2N2O2+. The topological polar surface area (TPSA) is 57.6 Å². The molecule has 0 aliphatic heterocycles. The first-order valence-corrected chi connectivity index (χ1v) is 5.67. The van der Waals surface area contributed by atoms with Gasteiger partial charge in [0.2, 0.25) is 11.1 Å². The molecule has 0 atom stereocenters. The summed E-state index contributed by atoms with van der Waals surface area (Å²) >= 11 is 11.7. The number of hydrogen-bond acceptors (Lipinski definition) is 3. The van der Waals surface area contributed by atoms with E-state index in [1.165, 1.54) is 18.2 Å². The van der Waals surface area contributed by atoms with E-state index in [4.69, 9.17) is 33.3 Å². The van der Waals surface area contributed by atoms with Crippen LogP contribution in [0.1, 0.15) is 0 Å². The number of nitrogens with zero attached hydrogens (tertiary/aromatic N) is 2.